The van der Waals surface area contributed by atoms with Crippen LogP contribution in [0.3, 0.4) is 0 Å². The Morgan fingerprint density at radius 2 is 1.59 bits per heavy atom. The second-order valence-electron chi connectivity index (χ2n) is 14.9. The fourth-order valence-electron chi connectivity index (χ4n) is 7.68. The molecule has 0 bridgehead atoms. The van der Waals surface area contributed by atoms with Crippen molar-refractivity contribution in [3.63, 3.8) is 0 Å². The lowest BCUT2D eigenvalue weighted by Gasteiger charge is -2.40. The molecular weight excluding hydrogens is 714 g/mol. The number of amides is 1. The summed E-state index contributed by atoms with van der Waals surface area (Å²) in [6, 6.07) is 16.4. The lowest BCUT2D eigenvalue weighted by molar-refractivity contribution is -0.112. The number of anilines is 2. The molecule has 1 unspecified atom stereocenters. The molecule has 0 saturated carbocycles. The van der Waals surface area contributed by atoms with E-state index in [2.05, 4.69) is 80.2 Å². The molecule has 1 atom stereocenters. The SMILES string of the molecule is C=C1CNC/C1=C/C(C)=C(\C)CC.C=CC.CC.CC.CC1CC2(CCN(c3ccc(C(=O)N4CCC(C=O)CC4)cc3)CC2)CN1c1ccc(C#N)c(Cl)c1. The predicted molar refractivity (Wildman–Crippen MR) is 240 cm³/mol. The Morgan fingerprint density at radius 3 is 2.09 bits per heavy atom. The number of hydrogen-bond donors (Lipinski definition) is 1. The molecule has 6 rings (SSSR count). The summed E-state index contributed by atoms with van der Waals surface area (Å²) in [6.45, 7) is 32.4. The van der Waals surface area contributed by atoms with Gasteiger partial charge in [0, 0.05) is 74.7 Å². The number of nitriles is 1. The third kappa shape index (κ3) is 13.2. The van der Waals surface area contributed by atoms with E-state index in [0.717, 1.165) is 88.8 Å². The minimum Gasteiger partial charge on any atom is -0.371 e. The van der Waals surface area contributed by atoms with Crippen LogP contribution in [0.5, 0.6) is 0 Å². The van der Waals surface area contributed by atoms with E-state index in [4.69, 9.17) is 11.6 Å². The average molecular weight is 785 g/mol. The van der Waals surface area contributed by atoms with Gasteiger partial charge in [-0.3, -0.25) is 4.79 Å². The van der Waals surface area contributed by atoms with Crippen molar-refractivity contribution in [2.45, 2.75) is 107 Å². The number of nitrogens with one attached hydrogen (secondary N) is 1. The number of carbonyl (C=O) groups is 2. The van der Waals surface area contributed by atoms with Crippen LogP contribution in [0.15, 0.2) is 90.1 Å². The van der Waals surface area contributed by atoms with E-state index >= 15 is 0 Å². The monoisotopic (exact) mass is 784 g/mol. The summed E-state index contributed by atoms with van der Waals surface area (Å²) < 4.78 is 0. The minimum absolute atomic E-state index is 0.0615. The quantitative estimate of drug-likeness (QED) is 0.232. The van der Waals surface area contributed by atoms with Gasteiger partial charge in [-0.1, -0.05) is 76.1 Å². The molecule has 1 spiro atoms. The number of hydrogen-bond acceptors (Lipinski definition) is 6. The average Bonchev–Trinajstić information content (AvgIpc) is 3.79. The second-order valence-corrected chi connectivity index (χ2v) is 15.3. The smallest absolute Gasteiger partial charge is 0.253 e. The van der Waals surface area contributed by atoms with Crippen LogP contribution in [-0.4, -0.2) is 68.9 Å². The highest BCUT2D eigenvalue weighted by Crippen LogP contribution is 2.46. The first-order valence-electron chi connectivity index (χ1n) is 20.9. The van der Waals surface area contributed by atoms with Crippen LogP contribution in [-0.2, 0) is 4.79 Å². The van der Waals surface area contributed by atoms with E-state index in [1.54, 1.807) is 6.08 Å². The zero-order chi connectivity index (χ0) is 41.8. The van der Waals surface area contributed by atoms with Gasteiger partial charge in [0.15, 0.2) is 0 Å². The van der Waals surface area contributed by atoms with E-state index in [-0.39, 0.29) is 11.8 Å². The summed E-state index contributed by atoms with van der Waals surface area (Å²) in [6.07, 6.45) is 11.1. The van der Waals surface area contributed by atoms with Crippen molar-refractivity contribution in [2.75, 3.05) is 55.6 Å². The third-order valence-corrected chi connectivity index (χ3v) is 11.5. The molecule has 0 radical (unpaired) electrons. The molecule has 4 aliphatic rings. The highest BCUT2D eigenvalue weighted by molar-refractivity contribution is 6.32. The molecule has 2 aromatic rings. The lowest BCUT2D eigenvalue weighted by Crippen LogP contribution is -2.41. The van der Waals surface area contributed by atoms with Gasteiger partial charge in [-0.25, -0.2) is 0 Å². The van der Waals surface area contributed by atoms with E-state index in [0.29, 0.717) is 35.1 Å². The topological polar surface area (TPSA) is 79.7 Å². The number of piperidine rings is 2. The van der Waals surface area contributed by atoms with Crippen molar-refractivity contribution in [1.29, 1.82) is 5.26 Å². The molecule has 8 heteroatoms. The molecule has 4 fully saturated rings. The zero-order valence-electron chi connectivity index (χ0n) is 36.0. The predicted octanol–water partition coefficient (Wildman–Crippen LogP) is 11.2. The first-order chi connectivity index (χ1) is 27.0. The summed E-state index contributed by atoms with van der Waals surface area (Å²) >= 11 is 6.31. The van der Waals surface area contributed by atoms with Crippen LogP contribution >= 0.6 is 11.6 Å². The number of nitrogens with zero attached hydrogens (tertiary/aromatic N) is 4. The molecule has 7 nitrogen and oxygen atoms in total. The summed E-state index contributed by atoms with van der Waals surface area (Å²) in [5.41, 5.74) is 9.26. The molecule has 2 aromatic carbocycles. The maximum atomic E-state index is 12.9. The normalized spacial score (nSPS) is 19.8. The Kier molecular flexibility index (Phi) is 21.0. The van der Waals surface area contributed by atoms with Gasteiger partial charge in [0.2, 0.25) is 0 Å². The summed E-state index contributed by atoms with van der Waals surface area (Å²) in [5.74, 6) is 0.155. The van der Waals surface area contributed by atoms with Crippen molar-refractivity contribution < 1.29 is 9.59 Å². The van der Waals surface area contributed by atoms with Gasteiger partial charge in [0.1, 0.15) is 12.4 Å². The van der Waals surface area contributed by atoms with Crippen molar-refractivity contribution >= 4 is 35.2 Å². The van der Waals surface area contributed by atoms with Gasteiger partial charge in [0.25, 0.3) is 5.91 Å². The number of halogens is 1. The van der Waals surface area contributed by atoms with E-state index < -0.39 is 0 Å². The highest BCUT2D eigenvalue weighted by atomic mass is 35.5. The second kappa shape index (κ2) is 24.5. The van der Waals surface area contributed by atoms with Gasteiger partial charge in [-0.05, 0) is 125 Å². The van der Waals surface area contributed by atoms with Crippen LogP contribution in [0.2, 0.25) is 5.02 Å². The van der Waals surface area contributed by atoms with E-state index in [1.807, 2.05) is 69.9 Å². The molecule has 4 saturated heterocycles. The van der Waals surface area contributed by atoms with Gasteiger partial charge < -0.3 is 24.8 Å². The standard InChI is InChI=1S/C29H33ClN4O2.C12H19N.C3H6.2C2H6/c1-21-17-29(20-34(21)26-7-4-24(18-31)27(30)16-26)10-14-32(15-11-29)25-5-2-23(3-6-25)28(36)33-12-8-22(19-35)9-13-33;1-5-9(2)10(3)6-12-8-13-7-11(12)4;1-3-2;2*1-2/h2-7,16,19,21-22H,8-15,17,20H2,1H3;6,13H,4-5,7-8H2,1-3H3;3H,1H2,2H3;2*1-2H3/b;10-9+,12-6-;;;. The number of aldehydes is 1. The largest absolute Gasteiger partial charge is 0.371 e. The van der Waals surface area contributed by atoms with Crippen LogP contribution in [0.25, 0.3) is 0 Å². The molecule has 56 heavy (non-hydrogen) atoms. The molecule has 1 amide bonds. The van der Waals surface area contributed by atoms with Gasteiger partial charge in [-0.2, -0.15) is 5.26 Å². The maximum absolute atomic E-state index is 12.9. The molecule has 306 valence electrons. The van der Waals surface area contributed by atoms with Crippen LogP contribution in [0.4, 0.5) is 11.4 Å². The Labute approximate surface area is 345 Å². The molecule has 4 aliphatic heterocycles. The Morgan fingerprint density at radius 1 is 1.00 bits per heavy atom. The molecular formula is C48H70ClN5O2. The van der Waals surface area contributed by atoms with E-state index in [9.17, 15) is 14.9 Å². The summed E-state index contributed by atoms with van der Waals surface area (Å²) in [7, 11) is 0. The molecule has 0 aliphatic carbocycles. The first-order valence-corrected chi connectivity index (χ1v) is 21.2. The molecule has 0 aromatic heterocycles. The fourth-order valence-corrected chi connectivity index (χ4v) is 7.90. The third-order valence-electron chi connectivity index (χ3n) is 11.2. The first kappa shape index (κ1) is 48.0. The van der Waals surface area contributed by atoms with Crippen molar-refractivity contribution in [1.82, 2.24) is 10.2 Å². The van der Waals surface area contributed by atoms with Crippen molar-refractivity contribution in [3.8, 4) is 6.07 Å². The number of rotatable bonds is 6. The number of likely N-dealkylation sites (tertiary alicyclic amines) is 1. The Hall–Kier alpha value is -4.12. The van der Waals surface area contributed by atoms with Crippen LogP contribution in [0.1, 0.15) is 117 Å². The van der Waals surface area contributed by atoms with Gasteiger partial charge >= 0.3 is 0 Å². The van der Waals surface area contributed by atoms with Crippen molar-refractivity contribution in [3.05, 3.63) is 106 Å². The summed E-state index contributed by atoms with van der Waals surface area (Å²) in [4.78, 5) is 30.6. The molecule has 4 heterocycles. The van der Waals surface area contributed by atoms with Gasteiger partial charge in [-0.15, -0.1) is 6.58 Å². The van der Waals surface area contributed by atoms with Gasteiger partial charge in [0.05, 0.1) is 10.6 Å². The number of allylic oxidation sites excluding steroid dienone is 4. The van der Waals surface area contributed by atoms with E-state index in [1.165, 1.54) is 28.0 Å². The fraction of sp³-hybridized carbons (Fsp3) is 0.521. The Balaban J connectivity index is 0.000000452. The Bertz CT molecular complexity index is 1670. The highest BCUT2D eigenvalue weighted by Gasteiger charge is 2.44. The zero-order valence-corrected chi connectivity index (χ0v) is 36.8. The lowest BCUT2D eigenvalue weighted by atomic mass is 9.76. The number of benzene rings is 2. The van der Waals surface area contributed by atoms with Crippen LogP contribution in [0, 0.1) is 22.7 Å². The molecule has 1 N–H and O–H groups in total. The summed E-state index contributed by atoms with van der Waals surface area (Å²) in [5, 5.41) is 13.0. The minimum atomic E-state index is 0.0615. The number of carbonyl (C=O) groups excluding carboxylic acids is 2. The van der Waals surface area contributed by atoms with Crippen LogP contribution < -0.4 is 15.1 Å². The maximum Gasteiger partial charge on any atom is 0.253 e. The van der Waals surface area contributed by atoms with Crippen molar-refractivity contribution in [2.24, 2.45) is 11.3 Å².